The van der Waals surface area contributed by atoms with Crippen LogP contribution in [0.3, 0.4) is 0 Å². The average molecular weight is 267 g/mol. The summed E-state index contributed by atoms with van der Waals surface area (Å²) in [6, 6.07) is -1.31. The molecule has 1 heterocycles. The van der Waals surface area contributed by atoms with Gasteiger partial charge in [0.05, 0.1) is 13.2 Å². The molecule has 106 valence electrons. The molecule has 9 nitrogen and oxygen atoms in total. The zero-order valence-corrected chi connectivity index (χ0v) is 9.42. The van der Waals surface area contributed by atoms with E-state index in [1.54, 1.807) is 0 Å². The van der Waals surface area contributed by atoms with E-state index in [4.69, 9.17) is 25.4 Å². The third-order valence-electron chi connectivity index (χ3n) is 2.61. The number of hydrogen-bond acceptors (Lipinski definition) is 8. The van der Waals surface area contributed by atoms with Gasteiger partial charge in [0.25, 0.3) is 0 Å². The number of rotatable bonds is 5. The van der Waals surface area contributed by atoms with Crippen molar-refractivity contribution in [3.63, 3.8) is 0 Å². The zero-order chi connectivity index (χ0) is 13.9. The summed E-state index contributed by atoms with van der Waals surface area (Å²) >= 11 is 0. The third-order valence-corrected chi connectivity index (χ3v) is 2.61. The molecule has 0 aromatic carbocycles. The fraction of sp³-hybridized carbons (Fsp3) is 0.889. The van der Waals surface area contributed by atoms with Gasteiger partial charge < -0.3 is 40.7 Å². The van der Waals surface area contributed by atoms with E-state index in [2.05, 4.69) is 0 Å². The smallest absolute Gasteiger partial charge is 0.322 e. The summed E-state index contributed by atoms with van der Waals surface area (Å²) in [4.78, 5) is 10.5. The number of nitrogens with two attached hydrogens (primary N) is 1. The Balaban J connectivity index is 2.56. The lowest BCUT2D eigenvalue weighted by Gasteiger charge is -2.39. The van der Waals surface area contributed by atoms with Crippen LogP contribution in [0.5, 0.6) is 0 Å². The second-order valence-electron chi connectivity index (χ2n) is 3.98. The molecule has 0 bridgehead atoms. The van der Waals surface area contributed by atoms with Crippen molar-refractivity contribution in [2.75, 3.05) is 13.2 Å². The molecule has 0 saturated carbocycles. The quantitative estimate of drug-likeness (QED) is 0.293. The van der Waals surface area contributed by atoms with Crippen LogP contribution in [0, 0.1) is 0 Å². The molecule has 1 fully saturated rings. The highest BCUT2D eigenvalue weighted by Crippen LogP contribution is 2.21. The maximum Gasteiger partial charge on any atom is 0.322 e. The number of aliphatic hydroxyl groups excluding tert-OH is 4. The molecular formula is C9H17NO8. The van der Waals surface area contributed by atoms with Crippen molar-refractivity contribution in [2.45, 2.75) is 36.7 Å². The van der Waals surface area contributed by atoms with E-state index in [1.807, 2.05) is 0 Å². The zero-order valence-electron chi connectivity index (χ0n) is 9.42. The fourth-order valence-electron chi connectivity index (χ4n) is 1.47. The normalized spacial score (nSPS) is 38.4. The summed E-state index contributed by atoms with van der Waals surface area (Å²) in [6.45, 7) is -1.03. The number of hydrogen-bond donors (Lipinski definition) is 6. The summed E-state index contributed by atoms with van der Waals surface area (Å²) in [5.74, 6) is -1.29. The standard InChI is InChI=1S/C9H17NO8/c10-3(8(15)16)2-17-9-7(14)6(13)5(12)4(1-11)18-9/h3-7,9,11-14H,1-2,10H2,(H,15,16)/t3-,4?,5+,6?,7?,9+/m0/s1. The van der Waals surface area contributed by atoms with Crippen LogP contribution in [0.15, 0.2) is 0 Å². The Bertz CT molecular complexity index is 286. The Morgan fingerprint density at radius 2 is 1.89 bits per heavy atom. The van der Waals surface area contributed by atoms with Gasteiger partial charge in [0.2, 0.25) is 0 Å². The topological polar surface area (TPSA) is 163 Å². The molecule has 1 aliphatic rings. The van der Waals surface area contributed by atoms with E-state index in [0.29, 0.717) is 0 Å². The monoisotopic (exact) mass is 267 g/mol. The summed E-state index contributed by atoms with van der Waals surface area (Å²) in [7, 11) is 0. The minimum absolute atomic E-state index is 0.446. The van der Waals surface area contributed by atoms with E-state index < -0.39 is 55.9 Å². The Morgan fingerprint density at radius 1 is 1.28 bits per heavy atom. The molecule has 9 heteroatoms. The fourth-order valence-corrected chi connectivity index (χ4v) is 1.47. The summed E-state index contributed by atoms with van der Waals surface area (Å²) in [5, 5.41) is 45.9. The first-order valence-electron chi connectivity index (χ1n) is 5.29. The number of aliphatic carboxylic acids is 1. The highest BCUT2D eigenvalue weighted by Gasteiger charge is 2.44. The van der Waals surface area contributed by atoms with Crippen LogP contribution >= 0.6 is 0 Å². The molecule has 0 aromatic rings. The van der Waals surface area contributed by atoms with Crippen molar-refractivity contribution >= 4 is 5.97 Å². The van der Waals surface area contributed by atoms with Gasteiger partial charge in [-0.3, -0.25) is 4.79 Å². The van der Waals surface area contributed by atoms with Gasteiger partial charge >= 0.3 is 5.97 Å². The maximum atomic E-state index is 10.5. The molecule has 0 radical (unpaired) electrons. The van der Waals surface area contributed by atoms with Crippen molar-refractivity contribution in [2.24, 2.45) is 5.73 Å². The van der Waals surface area contributed by atoms with E-state index in [1.165, 1.54) is 0 Å². The lowest BCUT2D eigenvalue weighted by Crippen LogP contribution is -2.59. The summed E-state index contributed by atoms with van der Waals surface area (Å²) in [6.07, 6.45) is -7.09. The van der Waals surface area contributed by atoms with E-state index in [9.17, 15) is 20.1 Å². The average Bonchev–Trinajstić information content (AvgIpc) is 2.34. The molecule has 7 N–H and O–H groups in total. The van der Waals surface area contributed by atoms with Crippen LogP contribution < -0.4 is 5.73 Å². The van der Waals surface area contributed by atoms with Gasteiger partial charge in [-0.05, 0) is 0 Å². The molecule has 3 unspecified atom stereocenters. The van der Waals surface area contributed by atoms with E-state index in [0.717, 1.165) is 0 Å². The lowest BCUT2D eigenvalue weighted by atomic mass is 9.99. The number of carboxylic acids is 1. The number of aliphatic hydroxyl groups is 4. The number of carbonyl (C=O) groups is 1. The predicted molar refractivity (Wildman–Crippen MR) is 55.3 cm³/mol. The molecule has 0 spiro atoms. The van der Waals surface area contributed by atoms with Gasteiger partial charge in [0.1, 0.15) is 30.5 Å². The van der Waals surface area contributed by atoms with E-state index in [-0.39, 0.29) is 0 Å². The molecule has 1 aliphatic heterocycles. The lowest BCUT2D eigenvalue weighted by molar-refractivity contribution is -0.301. The van der Waals surface area contributed by atoms with Crippen LogP contribution in [0.1, 0.15) is 0 Å². The second-order valence-corrected chi connectivity index (χ2v) is 3.98. The number of carboxylic acid groups (broad SMARTS) is 1. The second kappa shape index (κ2) is 6.38. The first-order valence-corrected chi connectivity index (χ1v) is 5.29. The predicted octanol–water partition coefficient (Wildman–Crippen LogP) is -3.79. The van der Waals surface area contributed by atoms with Gasteiger partial charge in [-0.2, -0.15) is 0 Å². The number of ether oxygens (including phenoxy) is 2. The molecule has 0 amide bonds. The largest absolute Gasteiger partial charge is 0.480 e. The molecule has 6 atom stereocenters. The van der Waals surface area contributed by atoms with E-state index >= 15 is 0 Å². The molecule has 18 heavy (non-hydrogen) atoms. The van der Waals surface area contributed by atoms with Crippen molar-refractivity contribution in [3.8, 4) is 0 Å². The highest BCUT2D eigenvalue weighted by atomic mass is 16.7. The first-order chi connectivity index (χ1) is 8.38. The molecular weight excluding hydrogens is 250 g/mol. The minimum Gasteiger partial charge on any atom is -0.480 e. The van der Waals surface area contributed by atoms with Crippen LogP contribution in [0.4, 0.5) is 0 Å². The van der Waals surface area contributed by atoms with Crippen LogP contribution in [0.25, 0.3) is 0 Å². The SMILES string of the molecule is N[C@@H](CO[C@@H]1OC(CO)[C@@H](O)C(O)C1O)C(=O)O. The first kappa shape index (κ1) is 15.2. The van der Waals surface area contributed by atoms with Gasteiger partial charge in [0, 0.05) is 0 Å². The Kier molecular flexibility index (Phi) is 5.41. The highest BCUT2D eigenvalue weighted by molar-refractivity contribution is 5.73. The molecule has 0 aliphatic carbocycles. The summed E-state index contributed by atoms with van der Waals surface area (Å²) in [5.41, 5.74) is 5.19. The van der Waals surface area contributed by atoms with Gasteiger partial charge in [-0.1, -0.05) is 0 Å². The molecule has 0 aromatic heterocycles. The Hall–Kier alpha value is -0.810. The Labute approximate surface area is 102 Å². The maximum absolute atomic E-state index is 10.5. The summed E-state index contributed by atoms with van der Waals surface area (Å²) < 4.78 is 9.89. The van der Waals surface area contributed by atoms with Gasteiger partial charge in [-0.25, -0.2) is 0 Å². The van der Waals surface area contributed by atoms with Crippen LogP contribution in [-0.2, 0) is 14.3 Å². The van der Waals surface area contributed by atoms with Crippen molar-refractivity contribution in [1.82, 2.24) is 0 Å². The van der Waals surface area contributed by atoms with Crippen LogP contribution in [0.2, 0.25) is 0 Å². The van der Waals surface area contributed by atoms with Crippen molar-refractivity contribution in [3.05, 3.63) is 0 Å². The molecule has 1 saturated heterocycles. The molecule has 1 rings (SSSR count). The minimum atomic E-state index is -1.57. The van der Waals surface area contributed by atoms with Crippen molar-refractivity contribution in [1.29, 1.82) is 0 Å². The van der Waals surface area contributed by atoms with Crippen LogP contribution in [-0.4, -0.2) is 81.5 Å². The van der Waals surface area contributed by atoms with Gasteiger partial charge in [-0.15, -0.1) is 0 Å². The van der Waals surface area contributed by atoms with Crippen molar-refractivity contribution < 1.29 is 39.8 Å². The van der Waals surface area contributed by atoms with Gasteiger partial charge in [0.15, 0.2) is 6.29 Å². The third kappa shape index (κ3) is 3.36. The Morgan fingerprint density at radius 3 is 2.39 bits per heavy atom.